The molecule has 0 bridgehead atoms. The van der Waals surface area contributed by atoms with Crippen molar-refractivity contribution in [2.24, 2.45) is 0 Å². The molecule has 4 rings (SSSR count). The number of aryl methyl sites for hydroxylation is 1. The molecule has 0 unspecified atom stereocenters. The first-order valence-electron chi connectivity index (χ1n) is 22.5. The Morgan fingerprint density at radius 3 is 1.52 bits per heavy atom. The second-order valence-electron chi connectivity index (χ2n) is 17.9. The number of hydrogen-bond acceptors (Lipinski definition) is 12. The molecule has 0 saturated carbocycles. The summed E-state index contributed by atoms with van der Waals surface area (Å²) >= 11 is 0. The quantitative estimate of drug-likeness (QED) is 0.0720. The Labute approximate surface area is 386 Å². The summed E-state index contributed by atoms with van der Waals surface area (Å²) in [7, 11) is -3.74. The van der Waals surface area contributed by atoms with Crippen LogP contribution in [0.25, 0.3) is 0 Å². The first-order valence-corrected chi connectivity index (χ1v) is 24.0. The van der Waals surface area contributed by atoms with Crippen molar-refractivity contribution in [1.29, 1.82) is 0 Å². The zero-order valence-electron chi connectivity index (χ0n) is 39.5. The van der Waals surface area contributed by atoms with Gasteiger partial charge >= 0.3 is 5.97 Å². The normalized spacial score (nSPS) is 14.1. The number of rotatable bonds is 29. The van der Waals surface area contributed by atoms with Gasteiger partial charge in [0.1, 0.15) is 31.3 Å². The Hall–Kier alpha value is -4.13. The number of ether oxygens (including phenoxy) is 8. The number of carboxylic acid groups (broad SMARTS) is 1. The summed E-state index contributed by atoms with van der Waals surface area (Å²) in [6, 6.07) is 17.8. The van der Waals surface area contributed by atoms with Gasteiger partial charge < -0.3 is 48.3 Å². The first-order chi connectivity index (χ1) is 31.0. The predicted molar refractivity (Wildman–Crippen MR) is 248 cm³/mol. The van der Waals surface area contributed by atoms with Gasteiger partial charge in [-0.05, 0) is 101 Å². The van der Waals surface area contributed by atoms with Gasteiger partial charge in [0.25, 0.3) is 5.91 Å². The molecule has 15 nitrogen and oxygen atoms in total. The maximum atomic E-state index is 13.2. The molecule has 2 N–H and O–H groups in total. The molecule has 1 saturated heterocycles. The smallest absolute Gasteiger partial charge is 0.322 e. The molecule has 0 spiro atoms. The van der Waals surface area contributed by atoms with E-state index in [1.807, 2.05) is 24.3 Å². The second kappa shape index (κ2) is 26.9. The van der Waals surface area contributed by atoms with Crippen LogP contribution in [0.1, 0.15) is 92.9 Å². The Bertz CT molecular complexity index is 1990. The molecular weight excluding hydrogens is 857 g/mol. The van der Waals surface area contributed by atoms with Crippen molar-refractivity contribution in [2.75, 3.05) is 112 Å². The Balaban J connectivity index is 0.927. The Kier molecular flexibility index (Phi) is 22.1. The predicted octanol–water partition coefficient (Wildman–Crippen LogP) is 6.53. The zero-order chi connectivity index (χ0) is 47.3. The lowest BCUT2D eigenvalue weighted by atomic mass is 9.78. The summed E-state index contributed by atoms with van der Waals surface area (Å²) in [6.07, 6.45) is 1.34. The van der Waals surface area contributed by atoms with Gasteiger partial charge in [-0.2, -0.15) is 4.31 Å². The number of amides is 1. The van der Waals surface area contributed by atoms with Crippen LogP contribution in [0.2, 0.25) is 0 Å². The van der Waals surface area contributed by atoms with E-state index in [4.69, 9.17) is 43.0 Å². The monoisotopic (exact) mass is 928 g/mol. The molecule has 0 aliphatic carbocycles. The number of nitrogens with one attached hydrogen (secondary N) is 1. The summed E-state index contributed by atoms with van der Waals surface area (Å²) in [5, 5.41) is 11.0. The molecule has 1 fully saturated rings. The third kappa shape index (κ3) is 18.6. The average molecular weight is 929 g/mol. The summed E-state index contributed by atoms with van der Waals surface area (Å²) in [5.74, 6) is 0.120. The van der Waals surface area contributed by atoms with Gasteiger partial charge in [-0.25, -0.2) is 8.42 Å². The fourth-order valence-electron chi connectivity index (χ4n) is 7.28. The van der Waals surface area contributed by atoms with E-state index < -0.39 is 28.4 Å². The molecule has 1 amide bonds. The molecule has 1 heterocycles. The number of carbonyl (C=O) groups is 2. The minimum atomic E-state index is -3.74. The van der Waals surface area contributed by atoms with Crippen molar-refractivity contribution in [3.63, 3.8) is 0 Å². The van der Waals surface area contributed by atoms with Crippen LogP contribution in [0.15, 0.2) is 65.6 Å². The van der Waals surface area contributed by atoms with Crippen molar-refractivity contribution < 1.29 is 61.0 Å². The number of piperidine rings is 1. The summed E-state index contributed by atoms with van der Waals surface area (Å²) in [4.78, 5) is 22.9. The van der Waals surface area contributed by atoms with Crippen molar-refractivity contribution in [3.8, 4) is 11.5 Å². The lowest BCUT2D eigenvalue weighted by molar-refractivity contribution is -0.135. The van der Waals surface area contributed by atoms with Crippen LogP contribution in [0.5, 0.6) is 11.5 Å². The van der Waals surface area contributed by atoms with E-state index >= 15 is 0 Å². The summed E-state index contributed by atoms with van der Waals surface area (Å²) in [5.41, 5.74) is 5.15. The minimum Gasteiger partial charge on any atom is -0.491 e. The maximum absolute atomic E-state index is 13.2. The Morgan fingerprint density at radius 2 is 1.08 bits per heavy atom. The summed E-state index contributed by atoms with van der Waals surface area (Å²) in [6.45, 7) is 22.2. The van der Waals surface area contributed by atoms with E-state index in [-0.39, 0.29) is 27.2 Å². The molecule has 3 aromatic carbocycles. The molecule has 1 aliphatic rings. The molecule has 65 heavy (non-hydrogen) atoms. The molecule has 0 atom stereocenters. The highest BCUT2D eigenvalue weighted by Crippen LogP contribution is 2.38. The van der Waals surface area contributed by atoms with Crippen molar-refractivity contribution in [1.82, 2.24) is 9.62 Å². The number of carboxylic acids is 1. The third-order valence-corrected chi connectivity index (χ3v) is 12.7. The molecule has 362 valence electrons. The number of sulfonamides is 1. The average Bonchev–Trinajstić information content (AvgIpc) is 3.26. The van der Waals surface area contributed by atoms with Gasteiger partial charge in [-0.3, -0.25) is 9.59 Å². The lowest BCUT2D eigenvalue weighted by Gasteiger charge is -2.31. The SMILES string of the molecule is Cc1cc(OCCOCCOCCOCCOCCOCCOCCOc2ccc(C3CCN(S(=O)(=O)c4ccc(C(=O)NCC(=O)O)cc4)CC3)cc2)c(C(C)(C)C)cc1C(C)(C)C. The van der Waals surface area contributed by atoms with E-state index in [1.165, 1.54) is 45.3 Å². The number of aliphatic carboxylic acids is 1. The number of carbonyl (C=O) groups excluding carboxylic acids is 1. The van der Waals surface area contributed by atoms with E-state index in [0.29, 0.717) is 118 Å². The number of hydrogen-bond donors (Lipinski definition) is 2. The third-order valence-electron chi connectivity index (χ3n) is 10.7. The van der Waals surface area contributed by atoms with Gasteiger partial charge in [0.05, 0.1) is 84.2 Å². The molecule has 0 aromatic heterocycles. The van der Waals surface area contributed by atoms with E-state index in [0.717, 1.165) is 17.1 Å². The number of nitrogens with zero attached hydrogens (tertiary/aromatic N) is 1. The van der Waals surface area contributed by atoms with Crippen LogP contribution >= 0.6 is 0 Å². The lowest BCUT2D eigenvalue weighted by Crippen LogP contribution is -2.37. The fourth-order valence-corrected chi connectivity index (χ4v) is 8.75. The van der Waals surface area contributed by atoms with Gasteiger partial charge in [0.2, 0.25) is 10.0 Å². The van der Waals surface area contributed by atoms with Crippen LogP contribution in [-0.2, 0) is 54.1 Å². The van der Waals surface area contributed by atoms with Crippen molar-refractivity contribution in [2.45, 2.75) is 83.0 Å². The van der Waals surface area contributed by atoms with E-state index in [1.54, 1.807) is 0 Å². The molecule has 1 aliphatic heterocycles. The van der Waals surface area contributed by atoms with Gasteiger partial charge in [-0.15, -0.1) is 0 Å². The van der Waals surface area contributed by atoms with Crippen molar-refractivity contribution in [3.05, 3.63) is 88.5 Å². The topological polar surface area (TPSA) is 178 Å². The highest BCUT2D eigenvalue weighted by atomic mass is 32.2. The maximum Gasteiger partial charge on any atom is 0.322 e. The highest BCUT2D eigenvalue weighted by Gasteiger charge is 2.30. The van der Waals surface area contributed by atoms with Crippen LogP contribution in [0.3, 0.4) is 0 Å². The van der Waals surface area contributed by atoms with Gasteiger partial charge in [0.15, 0.2) is 0 Å². The largest absolute Gasteiger partial charge is 0.491 e. The number of benzene rings is 3. The van der Waals surface area contributed by atoms with Crippen LogP contribution in [-0.4, -0.2) is 142 Å². The van der Waals surface area contributed by atoms with Gasteiger partial charge in [-0.1, -0.05) is 59.7 Å². The molecule has 3 aromatic rings. The van der Waals surface area contributed by atoms with E-state index in [9.17, 15) is 18.0 Å². The first kappa shape index (κ1) is 53.5. The molecular formula is C49H72N2O13S. The van der Waals surface area contributed by atoms with Gasteiger partial charge in [0, 0.05) is 18.7 Å². The summed E-state index contributed by atoms with van der Waals surface area (Å²) < 4.78 is 73.6. The standard InChI is InChI=1S/C49H72N2O13S/c1-37-34-45(44(49(5,6)7)35-43(37)48(2,3)4)64-33-31-62-29-27-60-25-23-58-21-20-57-22-24-59-26-28-61-30-32-63-41-12-8-38(9-13-41)39-16-18-51(19-17-39)65(55,56)42-14-10-40(11-15-42)47(54)50-36-46(52)53/h8-15,34-35,39H,16-33,36H2,1-7H3,(H,50,54)(H,52,53). The zero-order valence-corrected chi connectivity index (χ0v) is 40.3. The molecule has 0 radical (unpaired) electrons. The fraction of sp³-hybridized carbons (Fsp3) is 0.592. The minimum absolute atomic E-state index is 0.0283. The van der Waals surface area contributed by atoms with Crippen LogP contribution < -0.4 is 14.8 Å². The Morgan fingerprint density at radius 1 is 0.631 bits per heavy atom. The second-order valence-corrected chi connectivity index (χ2v) is 19.8. The van der Waals surface area contributed by atoms with Crippen LogP contribution in [0.4, 0.5) is 0 Å². The highest BCUT2D eigenvalue weighted by molar-refractivity contribution is 7.89. The molecule has 16 heteroatoms. The van der Waals surface area contributed by atoms with Crippen molar-refractivity contribution >= 4 is 21.9 Å². The van der Waals surface area contributed by atoms with Crippen LogP contribution in [0, 0.1) is 6.92 Å². The van der Waals surface area contributed by atoms with E-state index in [2.05, 4.69) is 65.9 Å².